The fraction of sp³-hybridized carbons (Fsp3) is 0.500. The molecule has 19 heavy (non-hydrogen) atoms. The van der Waals surface area contributed by atoms with Crippen LogP contribution >= 0.6 is 8.25 Å². The van der Waals surface area contributed by atoms with Gasteiger partial charge in [0.05, 0.1) is 24.7 Å². The number of imidazole rings is 1. The summed E-state index contributed by atoms with van der Waals surface area (Å²) in [4.78, 5) is 21.3. The smallest absolute Gasteiger partial charge is 0.316 e. The summed E-state index contributed by atoms with van der Waals surface area (Å²) in [6.45, 7) is 2.14. The summed E-state index contributed by atoms with van der Waals surface area (Å²) in [5.41, 5.74) is 2.22. The molecule has 0 aliphatic carbocycles. The van der Waals surface area contributed by atoms with Crippen molar-refractivity contribution in [2.45, 2.75) is 25.7 Å². The molecule has 1 saturated heterocycles. The van der Waals surface area contributed by atoms with E-state index in [0.29, 0.717) is 12.1 Å². The summed E-state index contributed by atoms with van der Waals surface area (Å²) in [6, 6.07) is 0. The minimum atomic E-state index is -2.94. The van der Waals surface area contributed by atoms with Crippen LogP contribution in [0.3, 0.4) is 0 Å². The summed E-state index contributed by atoms with van der Waals surface area (Å²) in [7, 11) is -2.94. The van der Waals surface area contributed by atoms with Gasteiger partial charge in [0, 0.05) is 6.42 Å². The molecule has 1 aliphatic rings. The Morgan fingerprint density at radius 1 is 1.53 bits per heavy atom. The first-order valence-corrected chi connectivity index (χ1v) is 7.07. The lowest BCUT2D eigenvalue weighted by Crippen LogP contribution is -2.09. The molecule has 2 aromatic heterocycles. The van der Waals surface area contributed by atoms with Crippen molar-refractivity contribution in [3.63, 3.8) is 0 Å². The van der Waals surface area contributed by atoms with Crippen LogP contribution in [0.2, 0.25) is 0 Å². The third-order valence-electron chi connectivity index (χ3n) is 3.06. The molecule has 0 bridgehead atoms. The molecule has 1 fully saturated rings. The van der Waals surface area contributed by atoms with Crippen LogP contribution in [0.25, 0.3) is 11.2 Å². The van der Waals surface area contributed by atoms with E-state index in [2.05, 4.69) is 15.0 Å². The molecule has 1 N–H and O–H groups in total. The minimum Gasteiger partial charge on any atom is -0.355 e. The molecular formula is C10H13N4O4P. The number of rotatable bonds is 3. The van der Waals surface area contributed by atoms with Gasteiger partial charge in [0.2, 0.25) is 0 Å². The quantitative estimate of drug-likeness (QED) is 0.833. The first kappa shape index (κ1) is 12.7. The van der Waals surface area contributed by atoms with Gasteiger partial charge in [-0.05, 0) is 6.92 Å². The van der Waals surface area contributed by atoms with E-state index in [1.807, 2.05) is 6.92 Å². The summed E-state index contributed by atoms with van der Waals surface area (Å²) >= 11 is 0. The molecule has 8 nitrogen and oxygen atoms in total. The normalized spacial score (nSPS) is 24.9. The summed E-state index contributed by atoms with van der Waals surface area (Å²) < 4.78 is 22.9. The molecule has 3 atom stereocenters. The highest BCUT2D eigenvalue weighted by Crippen LogP contribution is 2.32. The van der Waals surface area contributed by atoms with Gasteiger partial charge in [-0.2, -0.15) is 0 Å². The van der Waals surface area contributed by atoms with Crippen molar-refractivity contribution < 1.29 is 18.7 Å². The minimum absolute atomic E-state index is 0.283. The van der Waals surface area contributed by atoms with Gasteiger partial charge in [0.15, 0.2) is 5.65 Å². The van der Waals surface area contributed by atoms with Crippen LogP contribution in [-0.4, -0.2) is 37.1 Å². The maximum atomic E-state index is 10.7. The van der Waals surface area contributed by atoms with Crippen LogP contribution < -0.4 is 0 Å². The average Bonchev–Trinajstić information content (AvgIpc) is 2.95. The van der Waals surface area contributed by atoms with Gasteiger partial charge in [-0.25, -0.2) is 15.0 Å². The SMILES string of the molecule is Cc1ncnc2c1ncn2[C@H]1CC(O[PH](=O)O)CO1. The number of fused-ring (bicyclic) bond motifs is 1. The molecule has 102 valence electrons. The summed E-state index contributed by atoms with van der Waals surface area (Å²) in [5.74, 6) is 0. The molecule has 0 amide bonds. The van der Waals surface area contributed by atoms with Crippen molar-refractivity contribution in [1.82, 2.24) is 19.5 Å². The number of hydrogen-bond acceptors (Lipinski definition) is 6. The Morgan fingerprint density at radius 2 is 2.37 bits per heavy atom. The lowest BCUT2D eigenvalue weighted by atomic mass is 10.3. The van der Waals surface area contributed by atoms with Gasteiger partial charge in [0.1, 0.15) is 18.1 Å². The number of nitrogens with zero attached hydrogens (tertiary/aromatic N) is 4. The van der Waals surface area contributed by atoms with Gasteiger partial charge in [0.25, 0.3) is 0 Å². The van der Waals surface area contributed by atoms with Crippen molar-refractivity contribution in [1.29, 1.82) is 0 Å². The largest absolute Gasteiger partial charge is 0.355 e. The predicted octanol–water partition coefficient (Wildman–Crippen LogP) is 0.821. The summed E-state index contributed by atoms with van der Waals surface area (Å²) in [5, 5.41) is 0. The average molecular weight is 284 g/mol. The molecule has 1 aliphatic heterocycles. The van der Waals surface area contributed by atoms with Crippen molar-refractivity contribution in [2.75, 3.05) is 6.61 Å². The Morgan fingerprint density at radius 3 is 3.16 bits per heavy atom. The lowest BCUT2D eigenvalue weighted by Gasteiger charge is -2.11. The maximum Gasteiger partial charge on any atom is 0.316 e. The highest BCUT2D eigenvalue weighted by Gasteiger charge is 2.29. The van der Waals surface area contributed by atoms with Crippen LogP contribution in [0.4, 0.5) is 0 Å². The first-order chi connectivity index (χ1) is 9.15. The van der Waals surface area contributed by atoms with Crippen LogP contribution in [0.1, 0.15) is 18.3 Å². The number of aryl methyl sites for hydroxylation is 1. The monoisotopic (exact) mass is 284 g/mol. The van der Waals surface area contributed by atoms with E-state index < -0.39 is 8.25 Å². The summed E-state index contributed by atoms with van der Waals surface area (Å²) in [6.07, 6.45) is 2.95. The predicted molar refractivity (Wildman–Crippen MR) is 65.8 cm³/mol. The van der Waals surface area contributed by atoms with E-state index in [0.717, 1.165) is 11.2 Å². The molecule has 3 heterocycles. The van der Waals surface area contributed by atoms with Crippen molar-refractivity contribution in [3.05, 3.63) is 18.3 Å². The van der Waals surface area contributed by atoms with E-state index in [1.165, 1.54) is 6.33 Å². The van der Waals surface area contributed by atoms with E-state index in [-0.39, 0.29) is 18.9 Å². The Kier molecular flexibility index (Phi) is 3.32. The topological polar surface area (TPSA) is 99.4 Å². The Hall–Kier alpha value is -1.34. The van der Waals surface area contributed by atoms with E-state index in [1.54, 1.807) is 10.9 Å². The molecule has 0 saturated carbocycles. The molecular weight excluding hydrogens is 271 g/mol. The zero-order valence-corrected chi connectivity index (χ0v) is 11.2. The van der Waals surface area contributed by atoms with Crippen LogP contribution in [0.15, 0.2) is 12.7 Å². The second-order valence-electron chi connectivity index (χ2n) is 4.31. The van der Waals surface area contributed by atoms with Gasteiger partial charge in [-0.1, -0.05) is 0 Å². The van der Waals surface area contributed by atoms with Crippen molar-refractivity contribution in [2.24, 2.45) is 0 Å². The highest BCUT2D eigenvalue weighted by molar-refractivity contribution is 7.32. The molecule has 2 aromatic rings. The van der Waals surface area contributed by atoms with Crippen molar-refractivity contribution in [3.8, 4) is 0 Å². The van der Waals surface area contributed by atoms with Gasteiger partial charge >= 0.3 is 8.25 Å². The van der Waals surface area contributed by atoms with Gasteiger partial charge < -0.3 is 14.2 Å². The van der Waals surface area contributed by atoms with Crippen LogP contribution in [0.5, 0.6) is 0 Å². The Bertz CT molecular complexity index is 631. The molecule has 0 radical (unpaired) electrons. The second-order valence-corrected chi connectivity index (χ2v) is 5.08. The van der Waals surface area contributed by atoms with E-state index >= 15 is 0 Å². The van der Waals surface area contributed by atoms with Gasteiger partial charge in [-0.15, -0.1) is 0 Å². The van der Waals surface area contributed by atoms with Crippen LogP contribution in [0, 0.1) is 6.92 Å². The fourth-order valence-corrected chi connectivity index (χ4v) is 2.63. The first-order valence-electron chi connectivity index (χ1n) is 5.80. The third-order valence-corrected chi connectivity index (χ3v) is 3.59. The van der Waals surface area contributed by atoms with E-state index in [4.69, 9.17) is 14.2 Å². The number of ether oxygens (including phenoxy) is 1. The Balaban J connectivity index is 1.86. The Labute approximate surface area is 109 Å². The number of aromatic nitrogens is 4. The molecule has 9 heteroatoms. The fourth-order valence-electron chi connectivity index (χ4n) is 2.18. The molecule has 3 rings (SSSR count). The maximum absolute atomic E-state index is 10.7. The molecule has 2 unspecified atom stereocenters. The standard InChI is InChI=1S/C10H13N4O4P/c1-6-9-10(12-4-11-6)14(5-13-9)8-2-7(3-17-8)18-19(15)16/h4-5,7-8,19H,2-3H2,1H3,(H,15,16)/t7?,8-/m1/s1. The van der Waals surface area contributed by atoms with Crippen LogP contribution in [-0.2, 0) is 13.8 Å². The number of hydrogen-bond donors (Lipinski definition) is 1. The van der Waals surface area contributed by atoms with Crippen molar-refractivity contribution >= 4 is 19.4 Å². The van der Waals surface area contributed by atoms with Gasteiger partial charge in [-0.3, -0.25) is 9.13 Å². The van der Waals surface area contributed by atoms with E-state index in [9.17, 15) is 4.57 Å². The molecule has 0 spiro atoms. The second kappa shape index (κ2) is 4.97. The zero-order valence-electron chi connectivity index (χ0n) is 10.2. The molecule has 0 aromatic carbocycles. The third kappa shape index (κ3) is 2.40. The highest BCUT2D eigenvalue weighted by atomic mass is 31.1. The zero-order chi connectivity index (χ0) is 13.4. The lowest BCUT2D eigenvalue weighted by molar-refractivity contribution is 0.0520.